The number of anilines is 1. The number of fused-ring (bicyclic) bond motifs is 3. The molecule has 6 atom stereocenters. The number of amides is 5. The van der Waals surface area contributed by atoms with Crippen LogP contribution in [0.5, 0.6) is 11.5 Å². The molecule has 3 aliphatic rings. The zero-order chi connectivity index (χ0) is 47.6. The van der Waals surface area contributed by atoms with E-state index in [4.69, 9.17) is 19.4 Å². The second kappa shape index (κ2) is 19.5. The predicted molar refractivity (Wildman–Crippen MR) is 246 cm³/mol. The lowest BCUT2D eigenvalue weighted by Gasteiger charge is -2.34. The van der Waals surface area contributed by atoms with E-state index >= 15 is 0 Å². The highest BCUT2D eigenvalue weighted by Crippen LogP contribution is 2.45. The summed E-state index contributed by atoms with van der Waals surface area (Å²) in [7, 11) is 1.03. The fourth-order valence-corrected chi connectivity index (χ4v) is 9.76. The van der Waals surface area contributed by atoms with Crippen LogP contribution in [0.4, 0.5) is 9.93 Å². The van der Waals surface area contributed by atoms with E-state index in [-0.39, 0.29) is 31.8 Å². The minimum atomic E-state index is -4.19. The summed E-state index contributed by atoms with van der Waals surface area (Å²) in [5.41, 5.74) is -0.857. The fourth-order valence-electron chi connectivity index (χ4n) is 8.08. The van der Waals surface area contributed by atoms with Crippen LogP contribution in [0.25, 0.3) is 22.3 Å². The van der Waals surface area contributed by atoms with E-state index in [0.717, 1.165) is 17.8 Å². The Balaban J connectivity index is 1.34. The highest BCUT2D eigenvalue weighted by atomic mass is 32.2. The molecule has 1 aromatic carbocycles. The van der Waals surface area contributed by atoms with Crippen molar-refractivity contribution < 1.29 is 47.0 Å². The van der Waals surface area contributed by atoms with Crippen molar-refractivity contribution in [2.45, 2.75) is 115 Å². The summed E-state index contributed by atoms with van der Waals surface area (Å²) < 4.78 is 39.5. The SMILES string of the molecule is COc1ccc2c(O[C@@H]3C[C@H]4C(=O)N[C@]5(C(=O)O)CC5/C=C\CCCCC[C@@H](NC(=O)N[C@H](C(=O)N(C)S(=O)(=O)N(C)C)C(C)(C)C)C(=O)N4C3)cc(-c3csc(NC(C)C)n3)nc2c1. The minimum Gasteiger partial charge on any atom is -0.497 e. The molecule has 0 bridgehead atoms. The number of nitrogens with one attached hydrogen (secondary N) is 4. The van der Waals surface area contributed by atoms with Crippen LogP contribution < -0.4 is 30.7 Å². The molecule has 2 aromatic heterocycles. The average Bonchev–Trinajstić information content (AvgIpc) is 3.50. The zero-order valence-corrected chi connectivity index (χ0v) is 40.0. The van der Waals surface area contributed by atoms with Crippen LogP contribution in [0, 0.1) is 11.3 Å². The van der Waals surface area contributed by atoms with Crippen molar-refractivity contribution >= 4 is 67.3 Å². The molecule has 354 valence electrons. The number of aliphatic carboxylic acids is 1. The number of urea groups is 1. The summed E-state index contributed by atoms with van der Waals surface area (Å²) in [5.74, 6) is -2.83. The summed E-state index contributed by atoms with van der Waals surface area (Å²) in [5, 5.41) is 25.0. The molecule has 1 saturated carbocycles. The summed E-state index contributed by atoms with van der Waals surface area (Å²) in [6.45, 7) is 8.92. The summed E-state index contributed by atoms with van der Waals surface area (Å²) in [6, 6.07) is 2.61. The first kappa shape index (κ1) is 48.9. The predicted octanol–water partition coefficient (Wildman–Crippen LogP) is 4.36. The van der Waals surface area contributed by atoms with Crippen molar-refractivity contribution in [1.29, 1.82) is 0 Å². The van der Waals surface area contributed by atoms with Gasteiger partial charge in [0.05, 0.1) is 24.9 Å². The van der Waals surface area contributed by atoms with Gasteiger partial charge in [0.25, 0.3) is 5.91 Å². The minimum absolute atomic E-state index is 0.0194. The largest absolute Gasteiger partial charge is 0.497 e. The van der Waals surface area contributed by atoms with Gasteiger partial charge in [-0.05, 0) is 57.1 Å². The molecule has 1 unspecified atom stereocenters. The number of carboxylic acids is 1. The molecule has 4 heterocycles. The number of allylic oxidation sites excluding steroid dienone is 1. The number of likely N-dealkylation sites (N-methyl/N-ethyl adjacent to an activating group) is 1. The second-order valence-electron chi connectivity index (χ2n) is 18.4. The van der Waals surface area contributed by atoms with Crippen LogP contribution in [0.3, 0.4) is 0 Å². The second-order valence-corrected chi connectivity index (χ2v) is 21.4. The average molecular weight is 940 g/mol. The molecule has 2 fully saturated rings. The topological polar surface area (TPSA) is 242 Å². The molecule has 2 aliphatic heterocycles. The number of benzene rings is 1. The Labute approximate surface area is 383 Å². The van der Waals surface area contributed by atoms with Crippen molar-refractivity contribution in [1.82, 2.24) is 39.4 Å². The molecular formula is C44H61N9O10S2. The molecule has 0 spiro atoms. The van der Waals surface area contributed by atoms with Gasteiger partial charge in [0.1, 0.15) is 47.0 Å². The third kappa shape index (κ3) is 10.9. The Morgan fingerprint density at radius 3 is 2.46 bits per heavy atom. The van der Waals surface area contributed by atoms with Crippen molar-refractivity contribution in [2.24, 2.45) is 11.3 Å². The van der Waals surface area contributed by atoms with Crippen LogP contribution in [-0.2, 0) is 29.4 Å². The first-order valence-corrected chi connectivity index (χ1v) is 24.0. The number of carboxylic acid groups (broad SMARTS) is 1. The molecular weight excluding hydrogens is 879 g/mol. The molecule has 3 aromatic rings. The van der Waals surface area contributed by atoms with Crippen molar-refractivity contribution in [3.63, 3.8) is 0 Å². The number of nitrogens with zero attached hydrogens (tertiary/aromatic N) is 5. The van der Waals surface area contributed by atoms with Gasteiger partial charge in [0.15, 0.2) is 5.13 Å². The Kier molecular flexibility index (Phi) is 14.7. The standard InChI is InChI=1S/C44H61N9O10S2/c1-25(2)45-42-48-33(24-64-42)32-21-35(29-18-17-27(62-9)19-31(29)46-32)63-28-20-34-37(54)50-44(40(57)58)22-26(44)15-13-11-10-12-14-16-30(38(55)53(34)23-28)47-41(59)49-36(43(3,4)5)39(56)52(8)65(60,61)51(6)7/h13,15,17-19,21,24-26,28,30,34,36H,10-12,14,16,20,22-23H2,1-9H3,(H,45,48)(H,50,54)(H,57,58)(H2,47,49,59)/b15-13-/t26?,28-,30-,34+,36-,44-/m1/s1. The Hall–Kier alpha value is -5.54. The van der Waals surface area contributed by atoms with E-state index < -0.39 is 81.0 Å². The number of methoxy groups -OCH3 is 1. The van der Waals surface area contributed by atoms with E-state index in [9.17, 15) is 37.5 Å². The molecule has 5 N–H and O–H groups in total. The van der Waals surface area contributed by atoms with Gasteiger partial charge in [-0.1, -0.05) is 45.8 Å². The number of rotatable bonds is 12. The first-order chi connectivity index (χ1) is 30.5. The maximum atomic E-state index is 14.9. The molecule has 5 amide bonds. The normalized spacial score (nSPS) is 23.9. The number of hydrogen-bond donors (Lipinski definition) is 5. The number of hydrogen-bond acceptors (Lipinski definition) is 13. The lowest BCUT2D eigenvalue weighted by atomic mass is 9.86. The maximum Gasteiger partial charge on any atom is 0.330 e. The van der Waals surface area contributed by atoms with Crippen LogP contribution in [0.2, 0.25) is 0 Å². The van der Waals surface area contributed by atoms with Crippen molar-refractivity contribution in [2.75, 3.05) is 40.1 Å². The van der Waals surface area contributed by atoms with Crippen LogP contribution in [-0.4, -0.2) is 137 Å². The smallest absolute Gasteiger partial charge is 0.330 e. The van der Waals surface area contributed by atoms with Crippen LogP contribution >= 0.6 is 11.3 Å². The van der Waals surface area contributed by atoms with E-state index in [1.807, 2.05) is 31.4 Å². The van der Waals surface area contributed by atoms with E-state index in [1.165, 1.54) is 30.3 Å². The van der Waals surface area contributed by atoms with Gasteiger partial charge >= 0.3 is 22.2 Å². The van der Waals surface area contributed by atoms with E-state index in [2.05, 4.69) is 21.3 Å². The molecule has 65 heavy (non-hydrogen) atoms. The third-order valence-corrected chi connectivity index (χ3v) is 14.5. The number of aromatic nitrogens is 2. The summed E-state index contributed by atoms with van der Waals surface area (Å²) in [4.78, 5) is 80.6. The number of carbonyl (C=O) groups is 5. The van der Waals surface area contributed by atoms with E-state index in [1.54, 1.807) is 52.1 Å². The molecule has 21 heteroatoms. The van der Waals surface area contributed by atoms with Crippen molar-refractivity contribution in [3.05, 3.63) is 41.8 Å². The van der Waals surface area contributed by atoms with Gasteiger partial charge in [-0.3, -0.25) is 14.4 Å². The Bertz CT molecular complexity index is 2440. The molecule has 1 aliphatic carbocycles. The Morgan fingerprint density at radius 2 is 1.80 bits per heavy atom. The van der Waals surface area contributed by atoms with Crippen molar-refractivity contribution in [3.8, 4) is 22.9 Å². The number of carbonyl (C=O) groups excluding carboxylic acids is 4. The van der Waals surface area contributed by atoms with E-state index in [0.29, 0.717) is 62.5 Å². The van der Waals surface area contributed by atoms with Crippen LogP contribution in [0.15, 0.2) is 41.8 Å². The monoisotopic (exact) mass is 939 g/mol. The maximum absolute atomic E-state index is 14.9. The molecule has 19 nitrogen and oxygen atoms in total. The van der Waals surface area contributed by atoms with Gasteiger partial charge in [-0.15, -0.1) is 11.3 Å². The number of pyridine rings is 1. The molecule has 1 saturated heterocycles. The van der Waals surface area contributed by atoms with Gasteiger partial charge < -0.3 is 40.7 Å². The quantitative estimate of drug-likeness (QED) is 0.159. The van der Waals surface area contributed by atoms with Gasteiger partial charge in [-0.25, -0.2) is 23.9 Å². The number of thiazole rings is 1. The highest BCUT2D eigenvalue weighted by Gasteiger charge is 2.61. The third-order valence-electron chi connectivity index (χ3n) is 11.9. The summed E-state index contributed by atoms with van der Waals surface area (Å²) >= 11 is 1.43. The number of ether oxygens (including phenoxy) is 2. The van der Waals surface area contributed by atoms with Gasteiger partial charge in [0, 0.05) is 62.4 Å². The van der Waals surface area contributed by atoms with Gasteiger partial charge in [-0.2, -0.15) is 12.7 Å². The first-order valence-electron chi connectivity index (χ1n) is 21.7. The van der Waals surface area contributed by atoms with Gasteiger partial charge in [0.2, 0.25) is 11.8 Å². The zero-order valence-electron chi connectivity index (χ0n) is 38.3. The lowest BCUT2D eigenvalue weighted by Crippen LogP contribution is -2.61. The molecule has 6 rings (SSSR count). The summed E-state index contributed by atoms with van der Waals surface area (Å²) in [6.07, 6.45) is 5.83. The highest BCUT2D eigenvalue weighted by molar-refractivity contribution is 7.87. The lowest BCUT2D eigenvalue weighted by molar-refractivity contribution is -0.145. The molecule has 0 radical (unpaired) electrons. The Morgan fingerprint density at radius 1 is 1.06 bits per heavy atom. The fraction of sp³-hybridized carbons (Fsp3) is 0.568. The van der Waals surface area contributed by atoms with Crippen LogP contribution in [0.1, 0.15) is 79.6 Å².